The number of hydrogen-bond donors (Lipinski definition) is 1. The standard InChI is InChI=1S/C19H24N4O5S/c1-28-14-13-23-18(24)8-7-17(20-23)19(25)22-11-9-15(10-12-22)21-29(26,27)16-5-3-2-4-6-16/h2-8,15,21H,9-14H2,1H3. The van der Waals surface area contributed by atoms with Gasteiger partial charge in [0.1, 0.15) is 5.69 Å². The lowest BCUT2D eigenvalue weighted by Gasteiger charge is -2.32. The van der Waals surface area contributed by atoms with Crippen molar-refractivity contribution in [2.45, 2.75) is 30.3 Å². The number of benzene rings is 1. The van der Waals surface area contributed by atoms with Crippen LogP contribution in [0.2, 0.25) is 0 Å². The molecule has 1 N–H and O–H groups in total. The summed E-state index contributed by atoms with van der Waals surface area (Å²) >= 11 is 0. The minimum atomic E-state index is -3.58. The first-order valence-corrected chi connectivity index (χ1v) is 10.8. The van der Waals surface area contributed by atoms with Crippen LogP contribution in [0.15, 0.2) is 52.2 Å². The van der Waals surface area contributed by atoms with Crippen LogP contribution in [0.3, 0.4) is 0 Å². The summed E-state index contributed by atoms with van der Waals surface area (Å²) < 4.78 is 33.8. The third kappa shape index (κ3) is 5.28. The predicted octanol–water partition coefficient (Wildman–Crippen LogP) is 0.473. The number of rotatable bonds is 7. The smallest absolute Gasteiger partial charge is 0.274 e. The molecule has 2 heterocycles. The maximum Gasteiger partial charge on any atom is 0.274 e. The quantitative estimate of drug-likeness (QED) is 0.697. The Hall–Kier alpha value is -2.56. The van der Waals surface area contributed by atoms with Gasteiger partial charge < -0.3 is 9.64 Å². The Morgan fingerprint density at radius 2 is 1.86 bits per heavy atom. The summed E-state index contributed by atoms with van der Waals surface area (Å²) in [7, 11) is -2.06. The first-order valence-electron chi connectivity index (χ1n) is 9.34. The number of amides is 1. The average Bonchev–Trinajstić information content (AvgIpc) is 2.73. The molecule has 3 rings (SSSR count). The molecule has 2 aromatic rings. The Labute approximate surface area is 169 Å². The Kier molecular flexibility index (Phi) is 6.78. The van der Waals surface area contributed by atoms with Gasteiger partial charge in [0.25, 0.3) is 11.5 Å². The lowest BCUT2D eigenvalue weighted by atomic mass is 10.1. The fourth-order valence-electron chi connectivity index (χ4n) is 3.15. The average molecular weight is 420 g/mol. The molecule has 1 aromatic carbocycles. The summed E-state index contributed by atoms with van der Waals surface area (Å²) in [5.74, 6) is -0.277. The van der Waals surface area contributed by atoms with E-state index in [-0.39, 0.29) is 34.6 Å². The molecule has 1 saturated heterocycles. The molecule has 0 spiro atoms. The van der Waals surface area contributed by atoms with Gasteiger partial charge in [-0.1, -0.05) is 18.2 Å². The summed E-state index contributed by atoms with van der Waals surface area (Å²) in [6.45, 7) is 1.39. The highest BCUT2D eigenvalue weighted by Crippen LogP contribution is 2.16. The van der Waals surface area contributed by atoms with E-state index >= 15 is 0 Å². The van der Waals surface area contributed by atoms with Crippen LogP contribution in [0.4, 0.5) is 0 Å². The topological polar surface area (TPSA) is 111 Å². The van der Waals surface area contributed by atoms with Crippen LogP contribution in [-0.2, 0) is 21.3 Å². The fraction of sp³-hybridized carbons (Fsp3) is 0.421. The molecule has 0 saturated carbocycles. The van der Waals surface area contributed by atoms with E-state index in [1.807, 2.05) is 0 Å². The van der Waals surface area contributed by atoms with Gasteiger partial charge >= 0.3 is 0 Å². The van der Waals surface area contributed by atoms with Crippen LogP contribution in [0.25, 0.3) is 0 Å². The van der Waals surface area contributed by atoms with Gasteiger partial charge in [0, 0.05) is 32.3 Å². The Morgan fingerprint density at radius 3 is 2.52 bits per heavy atom. The van der Waals surface area contributed by atoms with Gasteiger partial charge in [-0.2, -0.15) is 5.10 Å². The second kappa shape index (κ2) is 9.29. The summed E-state index contributed by atoms with van der Waals surface area (Å²) in [6.07, 6.45) is 1.00. The number of nitrogens with one attached hydrogen (secondary N) is 1. The van der Waals surface area contributed by atoms with E-state index in [2.05, 4.69) is 9.82 Å². The maximum absolute atomic E-state index is 12.7. The second-order valence-electron chi connectivity index (χ2n) is 6.77. The first kappa shape index (κ1) is 21.2. The molecule has 0 unspecified atom stereocenters. The first-order chi connectivity index (χ1) is 13.9. The number of methoxy groups -OCH3 is 1. The van der Waals surface area contributed by atoms with E-state index in [0.717, 1.165) is 0 Å². The van der Waals surface area contributed by atoms with Gasteiger partial charge in [-0.05, 0) is 31.0 Å². The SMILES string of the molecule is COCCn1nc(C(=O)N2CCC(NS(=O)(=O)c3ccccc3)CC2)ccc1=O. The molecular formula is C19H24N4O5S. The summed E-state index contributed by atoms with van der Waals surface area (Å²) in [5, 5.41) is 4.12. The number of hydrogen-bond acceptors (Lipinski definition) is 6. The van der Waals surface area contributed by atoms with Gasteiger partial charge in [-0.3, -0.25) is 9.59 Å². The fourth-order valence-corrected chi connectivity index (χ4v) is 4.48. The minimum Gasteiger partial charge on any atom is -0.383 e. The van der Waals surface area contributed by atoms with E-state index in [0.29, 0.717) is 32.5 Å². The van der Waals surface area contributed by atoms with E-state index < -0.39 is 10.0 Å². The van der Waals surface area contributed by atoms with Gasteiger partial charge in [-0.25, -0.2) is 17.8 Å². The number of aromatic nitrogens is 2. The molecule has 29 heavy (non-hydrogen) atoms. The molecule has 1 aromatic heterocycles. The number of ether oxygens (including phenoxy) is 1. The molecule has 0 aliphatic carbocycles. The van der Waals surface area contributed by atoms with Crippen LogP contribution >= 0.6 is 0 Å². The summed E-state index contributed by atoms with van der Waals surface area (Å²) in [5.41, 5.74) is -0.114. The lowest BCUT2D eigenvalue weighted by Crippen LogP contribution is -2.46. The molecule has 0 radical (unpaired) electrons. The van der Waals surface area contributed by atoms with E-state index in [9.17, 15) is 18.0 Å². The minimum absolute atomic E-state index is 0.184. The van der Waals surface area contributed by atoms with Crippen LogP contribution < -0.4 is 10.3 Å². The largest absolute Gasteiger partial charge is 0.383 e. The van der Waals surface area contributed by atoms with Crippen molar-refractivity contribution in [2.75, 3.05) is 26.8 Å². The number of piperidine rings is 1. The van der Waals surface area contributed by atoms with Crippen molar-refractivity contribution in [3.8, 4) is 0 Å². The predicted molar refractivity (Wildman–Crippen MR) is 106 cm³/mol. The number of nitrogens with zero attached hydrogens (tertiary/aromatic N) is 3. The molecule has 0 bridgehead atoms. The molecule has 156 valence electrons. The zero-order valence-electron chi connectivity index (χ0n) is 16.2. The highest BCUT2D eigenvalue weighted by Gasteiger charge is 2.27. The van der Waals surface area contributed by atoms with Crippen LogP contribution in [0.5, 0.6) is 0 Å². The van der Waals surface area contributed by atoms with Crippen molar-refractivity contribution in [3.63, 3.8) is 0 Å². The zero-order chi connectivity index (χ0) is 20.9. The van der Waals surface area contributed by atoms with Gasteiger partial charge in [0.15, 0.2) is 0 Å². The van der Waals surface area contributed by atoms with Crippen LogP contribution in [-0.4, -0.2) is 61.9 Å². The van der Waals surface area contributed by atoms with Gasteiger partial charge in [0.2, 0.25) is 10.0 Å². The van der Waals surface area contributed by atoms with Crippen molar-refractivity contribution in [2.24, 2.45) is 0 Å². The summed E-state index contributed by atoms with van der Waals surface area (Å²) in [6, 6.07) is 10.7. The molecular weight excluding hydrogens is 396 g/mol. The summed E-state index contributed by atoms with van der Waals surface area (Å²) in [4.78, 5) is 26.4. The van der Waals surface area contributed by atoms with E-state index in [1.165, 1.54) is 23.9 Å². The van der Waals surface area contributed by atoms with Crippen molar-refractivity contribution in [1.82, 2.24) is 19.4 Å². The third-order valence-electron chi connectivity index (χ3n) is 4.75. The number of likely N-dealkylation sites (tertiary alicyclic amines) is 1. The molecule has 1 amide bonds. The Bertz CT molecular complexity index is 999. The number of sulfonamides is 1. The third-order valence-corrected chi connectivity index (χ3v) is 6.29. The molecule has 10 heteroatoms. The normalized spacial score (nSPS) is 15.4. The molecule has 1 fully saturated rings. The zero-order valence-corrected chi connectivity index (χ0v) is 17.0. The number of carbonyl (C=O) groups is 1. The Morgan fingerprint density at radius 1 is 1.17 bits per heavy atom. The molecule has 0 atom stereocenters. The van der Waals surface area contributed by atoms with E-state index in [4.69, 9.17) is 4.74 Å². The molecule has 1 aliphatic heterocycles. The van der Waals surface area contributed by atoms with Crippen LogP contribution in [0.1, 0.15) is 23.3 Å². The van der Waals surface area contributed by atoms with Crippen molar-refractivity contribution in [3.05, 3.63) is 58.5 Å². The van der Waals surface area contributed by atoms with Crippen molar-refractivity contribution >= 4 is 15.9 Å². The molecule has 9 nitrogen and oxygen atoms in total. The van der Waals surface area contributed by atoms with Crippen LogP contribution in [0, 0.1) is 0 Å². The lowest BCUT2D eigenvalue weighted by molar-refractivity contribution is 0.0701. The maximum atomic E-state index is 12.7. The number of carbonyl (C=O) groups excluding carboxylic acids is 1. The van der Waals surface area contributed by atoms with Crippen molar-refractivity contribution < 1.29 is 17.9 Å². The van der Waals surface area contributed by atoms with Gasteiger partial charge in [-0.15, -0.1) is 0 Å². The monoisotopic (exact) mass is 420 g/mol. The highest BCUT2D eigenvalue weighted by atomic mass is 32.2. The second-order valence-corrected chi connectivity index (χ2v) is 8.49. The van der Waals surface area contributed by atoms with Gasteiger partial charge in [0.05, 0.1) is 18.0 Å². The van der Waals surface area contributed by atoms with Crippen molar-refractivity contribution in [1.29, 1.82) is 0 Å². The molecule has 1 aliphatic rings. The van der Waals surface area contributed by atoms with E-state index in [1.54, 1.807) is 35.2 Å². The Balaban J connectivity index is 1.61. The highest BCUT2D eigenvalue weighted by molar-refractivity contribution is 7.89.